The Morgan fingerprint density at radius 2 is 1.23 bits per heavy atom. The second kappa shape index (κ2) is 14.7. The zero-order valence-electron chi connectivity index (χ0n) is 22.8. The van der Waals surface area contributed by atoms with Crippen LogP contribution >= 0.6 is 0 Å². The summed E-state index contributed by atoms with van der Waals surface area (Å²) >= 11 is 0. The van der Waals surface area contributed by atoms with E-state index >= 15 is 0 Å². The van der Waals surface area contributed by atoms with Crippen LogP contribution in [0, 0.1) is 5.92 Å². The maximum Gasteiger partial charge on any atom is 0.183 e. The molecule has 0 radical (unpaired) electrons. The molecule has 3 rings (SSSR count). The molecule has 3 fully saturated rings. The molecule has 3 aliphatic heterocycles. The van der Waals surface area contributed by atoms with Gasteiger partial charge in [0.05, 0.1) is 50.8 Å². The summed E-state index contributed by atoms with van der Waals surface area (Å²) in [7, 11) is 0. The van der Waals surface area contributed by atoms with Crippen LogP contribution in [0.5, 0.6) is 0 Å². The maximum absolute atomic E-state index is 10.6. The smallest absolute Gasteiger partial charge is 0.183 e. The Morgan fingerprint density at radius 1 is 0.675 bits per heavy atom. The van der Waals surface area contributed by atoms with E-state index in [-0.39, 0.29) is 32.8 Å². The second-order valence-corrected chi connectivity index (χ2v) is 11.3. The largest absolute Gasteiger partial charge is 0.394 e. The highest BCUT2D eigenvalue weighted by atomic mass is 16.6. The topological polar surface area (TPSA) is 248 Å². The van der Waals surface area contributed by atoms with E-state index in [9.17, 15) is 51.1 Å². The quantitative estimate of drug-likeness (QED) is 0.103. The highest BCUT2D eigenvalue weighted by molar-refractivity contribution is 4.96. The average molecular weight is 587 g/mol. The first-order valence-corrected chi connectivity index (χ1v) is 13.7. The number of aliphatic hydroxyl groups excluding tert-OH is 10. The predicted molar refractivity (Wildman–Crippen MR) is 133 cm³/mol. The van der Waals surface area contributed by atoms with Crippen LogP contribution < -0.4 is 0 Å². The maximum atomic E-state index is 10.6. The van der Waals surface area contributed by atoms with Gasteiger partial charge in [-0.3, -0.25) is 0 Å². The first-order chi connectivity index (χ1) is 18.8. The van der Waals surface area contributed by atoms with Crippen molar-refractivity contribution in [3.05, 3.63) is 0 Å². The van der Waals surface area contributed by atoms with Crippen LogP contribution in [0.3, 0.4) is 0 Å². The molecule has 0 saturated carbocycles. The van der Waals surface area contributed by atoms with Gasteiger partial charge in [0.15, 0.2) is 6.29 Å². The Balaban J connectivity index is 1.58. The number of hydrogen-bond acceptors (Lipinski definition) is 15. The van der Waals surface area contributed by atoms with Gasteiger partial charge < -0.3 is 74.7 Å². The van der Waals surface area contributed by atoms with Gasteiger partial charge in [0.25, 0.3) is 0 Å². The molecule has 0 aromatic carbocycles. The Kier molecular flexibility index (Phi) is 12.5. The zero-order valence-corrected chi connectivity index (χ0v) is 22.8. The lowest BCUT2D eigenvalue weighted by Gasteiger charge is -2.45. The fourth-order valence-corrected chi connectivity index (χ4v) is 5.47. The molecule has 15 atom stereocenters. The zero-order chi connectivity index (χ0) is 29.8. The normalized spacial score (nSPS) is 46.2. The molecule has 40 heavy (non-hydrogen) atoms. The molecule has 3 saturated heterocycles. The fourth-order valence-electron chi connectivity index (χ4n) is 5.47. The molecule has 0 bridgehead atoms. The predicted octanol–water partition coefficient (Wildman–Crippen LogP) is -4.65. The van der Waals surface area contributed by atoms with Gasteiger partial charge in [-0.2, -0.15) is 0 Å². The van der Waals surface area contributed by atoms with E-state index in [1.165, 1.54) is 0 Å². The first kappa shape index (κ1) is 33.9. The molecular weight excluding hydrogens is 540 g/mol. The number of ether oxygens (including phenoxy) is 5. The molecule has 0 aromatic heterocycles. The molecule has 15 nitrogen and oxygen atoms in total. The summed E-state index contributed by atoms with van der Waals surface area (Å²) in [5.41, 5.74) is -0.971. The molecule has 15 heteroatoms. The summed E-state index contributed by atoms with van der Waals surface area (Å²) in [4.78, 5) is 0. The molecule has 0 amide bonds. The lowest BCUT2D eigenvalue weighted by Crippen LogP contribution is -2.61. The van der Waals surface area contributed by atoms with Crippen molar-refractivity contribution in [1.82, 2.24) is 0 Å². The second-order valence-electron chi connectivity index (χ2n) is 11.3. The SMILES string of the molecule is CCCC(C)(CC1OC(CO)C(O)C(O)C1O)OCC1OC(COCC2COC(O)C(O)C2O)C(O)C(O)C1O. The molecule has 10 N–H and O–H groups in total. The standard InChI is InChI=1S/C25H46O15/c1-3-4-25(2,5-12-17(28)21(32)18(29)13(6-26)39-12)38-10-15-20(31)22(33)19(30)14(40-15)9-36-7-11-8-37-24(35)23(34)16(11)27/h11-24,26-35H,3-10H2,1-2H3. The van der Waals surface area contributed by atoms with Crippen molar-refractivity contribution in [3.8, 4) is 0 Å². The van der Waals surface area contributed by atoms with Crippen LogP contribution in [0.25, 0.3) is 0 Å². The van der Waals surface area contributed by atoms with E-state index < -0.39 is 97.7 Å². The van der Waals surface area contributed by atoms with Crippen LogP contribution in [-0.4, -0.2) is 169 Å². The first-order valence-electron chi connectivity index (χ1n) is 13.7. The number of rotatable bonds is 12. The van der Waals surface area contributed by atoms with Crippen molar-refractivity contribution in [1.29, 1.82) is 0 Å². The van der Waals surface area contributed by atoms with E-state index in [2.05, 4.69) is 0 Å². The van der Waals surface area contributed by atoms with Crippen molar-refractivity contribution >= 4 is 0 Å². The van der Waals surface area contributed by atoms with Crippen molar-refractivity contribution in [2.24, 2.45) is 5.92 Å². The van der Waals surface area contributed by atoms with Gasteiger partial charge in [-0.15, -0.1) is 0 Å². The summed E-state index contributed by atoms with van der Waals surface area (Å²) in [6.07, 6.45) is -16.4. The van der Waals surface area contributed by atoms with Crippen LogP contribution in [-0.2, 0) is 23.7 Å². The van der Waals surface area contributed by atoms with Crippen LogP contribution in [0.2, 0.25) is 0 Å². The fraction of sp³-hybridized carbons (Fsp3) is 1.00. The molecule has 0 aromatic rings. The minimum atomic E-state index is -1.58. The summed E-state index contributed by atoms with van der Waals surface area (Å²) in [5, 5.41) is 101. The number of hydrogen-bond donors (Lipinski definition) is 10. The summed E-state index contributed by atoms with van der Waals surface area (Å²) in [6.45, 7) is 2.44. The minimum Gasteiger partial charge on any atom is -0.394 e. The molecule has 0 spiro atoms. The van der Waals surface area contributed by atoms with Gasteiger partial charge in [0.1, 0.15) is 61.0 Å². The van der Waals surface area contributed by atoms with Gasteiger partial charge in [-0.25, -0.2) is 0 Å². The lowest BCUT2D eigenvalue weighted by molar-refractivity contribution is -0.263. The highest BCUT2D eigenvalue weighted by Crippen LogP contribution is 2.33. The lowest BCUT2D eigenvalue weighted by atomic mass is 9.86. The van der Waals surface area contributed by atoms with Gasteiger partial charge in [-0.1, -0.05) is 13.3 Å². The molecule has 3 heterocycles. The van der Waals surface area contributed by atoms with Crippen molar-refractivity contribution in [2.45, 2.75) is 118 Å². The van der Waals surface area contributed by atoms with Crippen LogP contribution in [0.4, 0.5) is 0 Å². The molecule has 15 unspecified atom stereocenters. The van der Waals surface area contributed by atoms with Crippen molar-refractivity contribution in [3.63, 3.8) is 0 Å². The monoisotopic (exact) mass is 586 g/mol. The Bertz CT molecular complexity index is 760. The Hall–Kier alpha value is -0.600. The van der Waals surface area contributed by atoms with E-state index in [0.29, 0.717) is 12.8 Å². The molecule has 0 aliphatic carbocycles. The summed E-state index contributed by atoms with van der Waals surface area (Å²) in [5.74, 6) is -0.661. The van der Waals surface area contributed by atoms with Crippen LogP contribution in [0.1, 0.15) is 33.1 Å². The number of aliphatic hydroxyl groups is 10. The Labute approximate surface area is 232 Å². The van der Waals surface area contributed by atoms with Gasteiger partial charge >= 0.3 is 0 Å². The summed E-state index contributed by atoms with van der Waals surface area (Å²) in [6, 6.07) is 0. The minimum absolute atomic E-state index is 0.0646. The van der Waals surface area contributed by atoms with E-state index in [0.717, 1.165) is 0 Å². The van der Waals surface area contributed by atoms with Gasteiger partial charge in [-0.05, 0) is 13.3 Å². The highest BCUT2D eigenvalue weighted by Gasteiger charge is 2.48. The van der Waals surface area contributed by atoms with Crippen LogP contribution in [0.15, 0.2) is 0 Å². The van der Waals surface area contributed by atoms with E-state index in [4.69, 9.17) is 23.7 Å². The summed E-state index contributed by atoms with van der Waals surface area (Å²) < 4.78 is 28.1. The third kappa shape index (κ3) is 7.86. The van der Waals surface area contributed by atoms with Gasteiger partial charge in [0, 0.05) is 12.3 Å². The van der Waals surface area contributed by atoms with Crippen molar-refractivity contribution in [2.75, 3.05) is 33.0 Å². The van der Waals surface area contributed by atoms with E-state index in [1.807, 2.05) is 6.92 Å². The van der Waals surface area contributed by atoms with E-state index in [1.54, 1.807) is 6.92 Å². The van der Waals surface area contributed by atoms with Crippen molar-refractivity contribution < 1.29 is 74.7 Å². The average Bonchev–Trinajstić information content (AvgIpc) is 2.92. The molecular formula is C25H46O15. The molecule has 236 valence electrons. The third-order valence-corrected chi connectivity index (χ3v) is 8.03. The third-order valence-electron chi connectivity index (χ3n) is 8.03. The molecule has 3 aliphatic rings. The van der Waals surface area contributed by atoms with Gasteiger partial charge in [0.2, 0.25) is 0 Å². The Morgan fingerprint density at radius 3 is 1.82 bits per heavy atom.